The molecule has 1 aliphatic carbocycles. The lowest BCUT2D eigenvalue weighted by Crippen LogP contribution is -2.50. The van der Waals surface area contributed by atoms with Crippen LogP contribution in [0.1, 0.15) is 69.5 Å². The maximum atomic E-state index is 13.9. The number of rotatable bonds is 12. The highest BCUT2D eigenvalue weighted by molar-refractivity contribution is 7.91. The van der Waals surface area contributed by atoms with E-state index in [4.69, 9.17) is 9.84 Å². The van der Waals surface area contributed by atoms with E-state index in [0.29, 0.717) is 23.3 Å². The first-order chi connectivity index (χ1) is 17.6. The Kier molecular flexibility index (Phi) is 9.92. The van der Waals surface area contributed by atoms with Gasteiger partial charge in [0.25, 0.3) is 0 Å². The van der Waals surface area contributed by atoms with E-state index in [0.717, 1.165) is 37.7 Å². The zero-order chi connectivity index (χ0) is 27.1. The van der Waals surface area contributed by atoms with Crippen LogP contribution in [0, 0.1) is 0 Å². The summed E-state index contributed by atoms with van der Waals surface area (Å²) in [6.45, 7) is 3.71. The number of aliphatic carboxylic acids is 1. The molecule has 0 bridgehead atoms. The number of unbranched alkanes of at least 4 members (excludes halogenated alkanes) is 1. The molecule has 2 aliphatic rings. The average Bonchev–Trinajstić information content (AvgIpc) is 2.98. The highest BCUT2D eigenvalue weighted by atomic mass is 32.2. The Morgan fingerprint density at radius 2 is 2.03 bits per heavy atom. The molecule has 1 aromatic carbocycles. The lowest BCUT2D eigenvalue weighted by Gasteiger charge is -2.37. The number of hydrogen-bond acceptors (Lipinski definition) is 7. The number of carbonyl (C=O) groups is 2. The summed E-state index contributed by atoms with van der Waals surface area (Å²) in [5.74, 6) is -0.965. The number of nitrogens with one attached hydrogen (secondary N) is 3. The van der Waals surface area contributed by atoms with Gasteiger partial charge in [-0.05, 0) is 49.0 Å². The van der Waals surface area contributed by atoms with Crippen LogP contribution in [0.2, 0.25) is 0 Å². The second-order valence-corrected chi connectivity index (χ2v) is 11.7. The molecule has 0 spiro atoms. The number of carbonyl (C=O) groups excluding carboxylic acids is 1. The van der Waals surface area contributed by atoms with Gasteiger partial charge in [0.05, 0.1) is 36.9 Å². The first kappa shape index (κ1) is 28.9. The normalized spacial score (nSPS) is 22.5. The molecule has 1 heterocycles. The lowest BCUT2D eigenvalue weighted by molar-refractivity contribution is -0.136. The molecular formula is C27H39N3O6S. The summed E-state index contributed by atoms with van der Waals surface area (Å²) in [6, 6.07) is 3.15. The van der Waals surface area contributed by atoms with Crippen molar-refractivity contribution < 1.29 is 27.9 Å². The van der Waals surface area contributed by atoms with Crippen LogP contribution < -0.4 is 20.7 Å². The molecule has 1 aliphatic heterocycles. The smallest absolute Gasteiger partial charge is 0.317 e. The van der Waals surface area contributed by atoms with E-state index >= 15 is 0 Å². The van der Waals surface area contributed by atoms with Crippen LogP contribution in [-0.4, -0.2) is 56.9 Å². The van der Waals surface area contributed by atoms with Crippen molar-refractivity contribution in [2.75, 3.05) is 26.0 Å². The number of sulfone groups is 1. The van der Waals surface area contributed by atoms with E-state index < -0.39 is 27.3 Å². The number of hydrogen-bond donors (Lipinski definition) is 4. The number of carboxylic acids is 1. The largest absolute Gasteiger partial charge is 0.496 e. The predicted molar refractivity (Wildman–Crippen MR) is 142 cm³/mol. The minimum atomic E-state index is -3.66. The second kappa shape index (κ2) is 12.7. The molecule has 0 unspecified atom stereocenters. The fraction of sp³-hybridized carbons (Fsp3) is 0.556. The highest BCUT2D eigenvalue weighted by Crippen LogP contribution is 2.42. The first-order valence-corrected chi connectivity index (χ1v) is 14.6. The fourth-order valence-corrected chi connectivity index (χ4v) is 7.21. The Balaban J connectivity index is 2.02. The van der Waals surface area contributed by atoms with Gasteiger partial charge in [0.1, 0.15) is 5.75 Å². The van der Waals surface area contributed by atoms with Crippen LogP contribution in [0.15, 0.2) is 40.8 Å². The summed E-state index contributed by atoms with van der Waals surface area (Å²) in [7, 11) is -2.14. The van der Waals surface area contributed by atoms with Gasteiger partial charge in [-0.25, -0.2) is 8.42 Å². The van der Waals surface area contributed by atoms with E-state index in [1.165, 1.54) is 7.11 Å². The minimum absolute atomic E-state index is 0.000353. The number of fused-ring (bicyclic) bond motifs is 1. The van der Waals surface area contributed by atoms with Gasteiger partial charge >= 0.3 is 5.97 Å². The van der Waals surface area contributed by atoms with Crippen molar-refractivity contribution in [1.82, 2.24) is 16.0 Å². The topological polar surface area (TPSA) is 134 Å². The van der Waals surface area contributed by atoms with E-state index in [2.05, 4.69) is 35.0 Å². The van der Waals surface area contributed by atoms with Gasteiger partial charge in [0, 0.05) is 17.6 Å². The summed E-state index contributed by atoms with van der Waals surface area (Å²) in [5, 5.41) is 17.8. The van der Waals surface area contributed by atoms with E-state index in [-0.39, 0.29) is 36.3 Å². The highest BCUT2D eigenvalue weighted by Gasteiger charge is 2.42. The van der Waals surface area contributed by atoms with E-state index in [1.54, 1.807) is 12.1 Å². The monoisotopic (exact) mass is 533 g/mol. The SMILES string of the molecule is CCCC[C@]1(CC)CS(=O)(=O)c2cc(CNC(=O)CNCC(=O)O)c(OC)cc2[C@@H](C2=CC=CCC2)N1. The maximum Gasteiger partial charge on any atom is 0.317 e. The molecule has 1 amide bonds. The maximum absolute atomic E-state index is 13.9. The standard InChI is InChI=1S/C27H39N3O6S/c1-4-6-12-27(5-2)18-37(34,35)23-13-20(15-29-24(31)16-28-17-25(32)33)22(36-3)14-21(23)26(30-27)19-10-8-7-9-11-19/h7-8,10,13-14,26,28,30H,4-6,9,11-12,15-18H2,1-3H3,(H,29,31)(H,32,33)/t26-,27-/m1/s1. The van der Waals surface area contributed by atoms with Crippen molar-refractivity contribution in [2.24, 2.45) is 0 Å². The summed E-state index contributed by atoms with van der Waals surface area (Å²) < 4.78 is 33.4. The van der Waals surface area contributed by atoms with Crippen molar-refractivity contribution in [3.05, 3.63) is 47.1 Å². The summed E-state index contributed by atoms with van der Waals surface area (Å²) >= 11 is 0. The molecule has 37 heavy (non-hydrogen) atoms. The Bertz CT molecular complexity index is 1160. The van der Waals surface area contributed by atoms with Gasteiger partial charge < -0.3 is 15.2 Å². The Hall–Kier alpha value is -2.69. The summed E-state index contributed by atoms with van der Waals surface area (Å²) in [6.07, 6.45) is 11.3. The van der Waals surface area contributed by atoms with Gasteiger partial charge in [0.2, 0.25) is 5.91 Å². The van der Waals surface area contributed by atoms with Crippen molar-refractivity contribution in [3.8, 4) is 5.75 Å². The summed E-state index contributed by atoms with van der Waals surface area (Å²) in [4.78, 5) is 23.1. The second-order valence-electron chi connectivity index (χ2n) is 9.76. The van der Waals surface area contributed by atoms with Crippen LogP contribution in [0.3, 0.4) is 0 Å². The minimum Gasteiger partial charge on any atom is -0.496 e. The Morgan fingerprint density at radius 3 is 2.65 bits per heavy atom. The summed E-state index contributed by atoms with van der Waals surface area (Å²) in [5.41, 5.74) is 1.80. The zero-order valence-corrected chi connectivity index (χ0v) is 22.7. The van der Waals surface area contributed by atoms with Crippen molar-refractivity contribution >= 4 is 21.7 Å². The van der Waals surface area contributed by atoms with Crippen LogP contribution >= 0.6 is 0 Å². The Labute approximate surface area is 219 Å². The molecule has 10 heteroatoms. The van der Waals surface area contributed by atoms with Gasteiger partial charge in [-0.3, -0.25) is 20.2 Å². The van der Waals surface area contributed by atoms with Crippen LogP contribution in [0.5, 0.6) is 5.75 Å². The molecule has 0 radical (unpaired) electrons. The molecule has 0 fully saturated rings. The number of methoxy groups -OCH3 is 1. The third kappa shape index (κ3) is 7.21. The third-order valence-electron chi connectivity index (χ3n) is 7.12. The van der Waals surface area contributed by atoms with Crippen LogP contribution in [0.25, 0.3) is 0 Å². The number of ether oxygens (including phenoxy) is 1. The number of carboxylic acid groups (broad SMARTS) is 1. The first-order valence-electron chi connectivity index (χ1n) is 12.9. The zero-order valence-electron chi connectivity index (χ0n) is 21.9. The molecule has 0 saturated heterocycles. The van der Waals surface area contributed by atoms with E-state index in [9.17, 15) is 18.0 Å². The average molecular weight is 534 g/mol. The quantitative estimate of drug-likeness (QED) is 0.322. The number of benzene rings is 1. The molecule has 0 saturated carbocycles. The molecule has 0 aromatic heterocycles. The van der Waals surface area contributed by atoms with Gasteiger partial charge in [-0.2, -0.15) is 0 Å². The fourth-order valence-electron chi connectivity index (χ4n) is 5.04. The molecule has 9 nitrogen and oxygen atoms in total. The molecule has 4 N–H and O–H groups in total. The van der Waals surface area contributed by atoms with Gasteiger partial charge in [-0.1, -0.05) is 44.9 Å². The van der Waals surface area contributed by atoms with Crippen molar-refractivity contribution in [2.45, 2.75) is 75.4 Å². The predicted octanol–water partition coefficient (Wildman–Crippen LogP) is 3.02. The number of allylic oxidation sites excluding steroid dienone is 3. The molecule has 3 rings (SSSR count). The van der Waals surface area contributed by atoms with E-state index in [1.807, 2.05) is 13.0 Å². The van der Waals surface area contributed by atoms with Crippen LogP contribution in [0.4, 0.5) is 0 Å². The van der Waals surface area contributed by atoms with Crippen molar-refractivity contribution in [3.63, 3.8) is 0 Å². The van der Waals surface area contributed by atoms with Crippen molar-refractivity contribution in [1.29, 1.82) is 0 Å². The molecular weight excluding hydrogens is 494 g/mol. The van der Waals surface area contributed by atoms with Gasteiger partial charge in [-0.15, -0.1) is 0 Å². The third-order valence-corrected chi connectivity index (χ3v) is 9.07. The molecule has 1 aromatic rings. The number of amides is 1. The molecule has 2 atom stereocenters. The molecule has 204 valence electrons. The Morgan fingerprint density at radius 1 is 1.24 bits per heavy atom. The van der Waals surface area contributed by atoms with Crippen LogP contribution in [-0.2, 0) is 26.0 Å². The van der Waals surface area contributed by atoms with Gasteiger partial charge in [0.15, 0.2) is 9.84 Å². The lowest BCUT2D eigenvalue weighted by atomic mass is 9.86.